The van der Waals surface area contributed by atoms with Gasteiger partial charge in [0.15, 0.2) is 0 Å². The Bertz CT molecular complexity index is 865. The maximum Gasteiger partial charge on any atom is 0.335 e. The van der Waals surface area contributed by atoms with Gasteiger partial charge in [-0.25, -0.2) is 9.18 Å². The predicted octanol–water partition coefficient (Wildman–Crippen LogP) is 4.82. The highest BCUT2D eigenvalue weighted by molar-refractivity contribution is 5.88. The van der Waals surface area contributed by atoms with Crippen LogP contribution in [-0.2, 0) is 0 Å². The lowest BCUT2D eigenvalue weighted by molar-refractivity contribution is 0.0696. The Labute approximate surface area is 145 Å². The summed E-state index contributed by atoms with van der Waals surface area (Å²) in [5.74, 6) is 0.805. The van der Waals surface area contributed by atoms with E-state index in [2.05, 4.69) is 5.32 Å². The number of rotatable bonds is 2. The van der Waals surface area contributed by atoms with E-state index in [4.69, 9.17) is 0 Å². The summed E-state index contributed by atoms with van der Waals surface area (Å²) in [7, 11) is 0. The number of halogens is 1. The molecule has 1 aliphatic heterocycles. The monoisotopic (exact) mass is 337 g/mol. The van der Waals surface area contributed by atoms with E-state index in [9.17, 15) is 14.3 Å². The highest BCUT2D eigenvalue weighted by Gasteiger charge is 2.54. The van der Waals surface area contributed by atoms with Crippen LogP contribution in [0.15, 0.2) is 42.5 Å². The number of nitrogens with one attached hydrogen (secondary N) is 1. The average Bonchev–Trinajstić information content (AvgIpc) is 3.23. The standard InChI is InChI=1S/C21H20FNO2/c22-16-4-2-1-3-14(16)20-19-12-6-5-11(9-12)18(19)15-10-13(21(24)25)7-8-17(15)23-20/h1-4,7-8,10-12,18-20,23H,5-6,9H2,(H,24,25)/t11-,12+,18+,19-,20-/m0/s1. The molecule has 1 heterocycles. The van der Waals surface area contributed by atoms with Crippen LogP contribution in [0, 0.1) is 23.6 Å². The molecule has 0 spiro atoms. The second-order valence-electron chi connectivity index (χ2n) is 7.69. The Morgan fingerprint density at radius 2 is 1.88 bits per heavy atom. The minimum absolute atomic E-state index is 0.0373. The molecule has 3 nitrogen and oxygen atoms in total. The van der Waals surface area contributed by atoms with E-state index >= 15 is 0 Å². The van der Waals surface area contributed by atoms with Crippen LogP contribution in [0.3, 0.4) is 0 Å². The maximum absolute atomic E-state index is 14.5. The van der Waals surface area contributed by atoms with Gasteiger partial charge >= 0.3 is 5.97 Å². The lowest BCUT2D eigenvalue weighted by Gasteiger charge is -2.43. The summed E-state index contributed by atoms with van der Waals surface area (Å²) in [5, 5.41) is 12.9. The van der Waals surface area contributed by atoms with Crippen LogP contribution in [0.4, 0.5) is 10.1 Å². The molecule has 2 aromatic carbocycles. The fraction of sp³-hybridized carbons (Fsp3) is 0.381. The summed E-state index contributed by atoms with van der Waals surface area (Å²) in [4.78, 5) is 11.4. The van der Waals surface area contributed by atoms with Gasteiger partial charge in [-0.1, -0.05) is 18.2 Å². The van der Waals surface area contributed by atoms with E-state index in [0.717, 1.165) is 16.8 Å². The van der Waals surface area contributed by atoms with Crippen molar-refractivity contribution in [1.82, 2.24) is 0 Å². The summed E-state index contributed by atoms with van der Waals surface area (Å²) in [6, 6.07) is 12.3. The van der Waals surface area contributed by atoms with Crippen molar-refractivity contribution < 1.29 is 14.3 Å². The van der Waals surface area contributed by atoms with Gasteiger partial charge < -0.3 is 10.4 Å². The zero-order chi connectivity index (χ0) is 17.1. The third-order valence-electron chi connectivity index (χ3n) is 6.57. The van der Waals surface area contributed by atoms with Crippen molar-refractivity contribution in [3.8, 4) is 0 Å². The summed E-state index contributed by atoms with van der Waals surface area (Å²) < 4.78 is 14.5. The number of fused-ring (bicyclic) bond motifs is 7. The molecule has 4 heteroatoms. The largest absolute Gasteiger partial charge is 0.478 e. The second-order valence-corrected chi connectivity index (χ2v) is 7.69. The third-order valence-corrected chi connectivity index (χ3v) is 6.57. The van der Waals surface area contributed by atoms with E-state index < -0.39 is 5.97 Å². The molecule has 0 aromatic heterocycles. The fourth-order valence-electron chi connectivity index (χ4n) is 5.66. The number of anilines is 1. The Kier molecular flexibility index (Phi) is 3.18. The first kappa shape index (κ1) is 14.9. The molecule has 2 N–H and O–H groups in total. The van der Waals surface area contributed by atoms with Gasteiger partial charge in [-0.05, 0) is 72.8 Å². The Morgan fingerprint density at radius 3 is 2.68 bits per heavy atom. The van der Waals surface area contributed by atoms with Gasteiger partial charge in [0.2, 0.25) is 0 Å². The molecule has 0 unspecified atom stereocenters. The molecule has 0 saturated heterocycles. The Morgan fingerprint density at radius 1 is 1.08 bits per heavy atom. The molecule has 3 aliphatic rings. The normalized spacial score (nSPS) is 32.0. The Hall–Kier alpha value is -2.36. The molecule has 2 aromatic rings. The molecule has 0 amide bonds. The third kappa shape index (κ3) is 2.13. The fourth-order valence-corrected chi connectivity index (χ4v) is 5.66. The lowest BCUT2D eigenvalue weighted by Crippen LogP contribution is -2.36. The zero-order valence-corrected chi connectivity index (χ0v) is 13.8. The van der Waals surface area contributed by atoms with Gasteiger partial charge in [0.1, 0.15) is 5.82 Å². The van der Waals surface area contributed by atoms with Gasteiger partial charge in [-0.2, -0.15) is 0 Å². The van der Waals surface area contributed by atoms with Crippen LogP contribution >= 0.6 is 0 Å². The zero-order valence-electron chi connectivity index (χ0n) is 13.8. The van der Waals surface area contributed by atoms with Gasteiger partial charge in [-0.15, -0.1) is 0 Å². The highest BCUT2D eigenvalue weighted by Crippen LogP contribution is 2.63. The summed E-state index contributed by atoms with van der Waals surface area (Å²) in [5.41, 5.74) is 3.15. The van der Waals surface area contributed by atoms with Gasteiger partial charge in [0.25, 0.3) is 0 Å². The molecule has 25 heavy (non-hydrogen) atoms. The minimum Gasteiger partial charge on any atom is -0.478 e. The molecule has 2 saturated carbocycles. The van der Waals surface area contributed by atoms with Gasteiger partial charge in [0.05, 0.1) is 11.6 Å². The van der Waals surface area contributed by atoms with Crippen molar-refractivity contribution in [2.45, 2.75) is 31.2 Å². The minimum atomic E-state index is -0.890. The SMILES string of the molecule is O=C(O)c1ccc2c(c1)[C@H]1[C@H]3CC[C@H](C3)[C@@H]1[C@H](c1ccccc1F)N2. The van der Waals surface area contributed by atoms with Crippen LogP contribution in [0.5, 0.6) is 0 Å². The molecule has 5 atom stereocenters. The smallest absolute Gasteiger partial charge is 0.335 e. The topological polar surface area (TPSA) is 49.3 Å². The van der Waals surface area contributed by atoms with Crippen molar-refractivity contribution in [2.75, 3.05) is 5.32 Å². The van der Waals surface area contributed by atoms with E-state index in [1.807, 2.05) is 24.3 Å². The molecule has 2 aliphatic carbocycles. The molecular weight excluding hydrogens is 317 g/mol. The number of carboxylic acid groups (broad SMARTS) is 1. The summed E-state index contributed by atoms with van der Waals surface area (Å²) in [6.45, 7) is 0. The highest BCUT2D eigenvalue weighted by atomic mass is 19.1. The Balaban J connectivity index is 1.65. The number of hydrogen-bond donors (Lipinski definition) is 2. The van der Waals surface area contributed by atoms with E-state index in [1.54, 1.807) is 12.1 Å². The maximum atomic E-state index is 14.5. The second kappa shape index (κ2) is 5.32. The van der Waals surface area contributed by atoms with Crippen molar-refractivity contribution in [2.24, 2.45) is 17.8 Å². The predicted molar refractivity (Wildman–Crippen MR) is 93.2 cm³/mol. The molecular formula is C21H20FNO2. The number of hydrogen-bond acceptors (Lipinski definition) is 2. The number of benzene rings is 2. The molecule has 2 bridgehead atoms. The van der Waals surface area contributed by atoms with Crippen molar-refractivity contribution in [3.05, 3.63) is 65.0 Å². The molecule has 2 fully saturated rings. The summed E-state index contributed by atoms with van der Waals surface area (Å²) in [6.07, 6.45) is 3.58. The van der Waals surface area contributed by atoms with E-state index in [0.29, 0.717) is 29.2 Å². The number of aromatic carboxylic acids is 1. The van der Waals surface area contributed by atoms with Crippen molar-refractivity contribution in [1.29, 1.82) is 0 Å². The first-order chi connectivity index (χ1) is 12.1. The van der Waals surface area contributed by atoms with Crippen LogP contribution in [0.1, 0.15) is 52.7 Å². The van der Waals surface area contributed by atoms with Crippen LogP contribution in [-0.4, -0.2) is 11.1 Å². The van der Waals surface area contributed by atoms with Gasteiger partial charge in [-0.3, -0.25) is 0 Å². The first-order valence-corrected chi connectivity index (χ1v) is 9.01. The average molecular weight is 337 g/mol. The molecule has 128 valence electrons. The van der Waals surface area contributed by atoms with Crippen molar-refractivity contribution in [3.63, 3.8) is 0 Å². The van der Waals surface area contributed by atoms with Crippen LogP contribution in [0.2, 0.25) is 0 Å². The number of carboxylic acids is 1. The van der Waals surface area contributed by atoms with E-state index in [-0.39, 0.29) is 11.9 Å². The van der Waals surface area contributed by atoms with Crippen molar-refractivity contribution >= 4 is 11.7 Å². The van der Waals surface area contributed by atoms with Crippen LogP contribution < -0.4 is 5.32 Å². The summed E-state index contributed by atoms with van der Waals surface area (Å²) >= 11 is 0. The number of carbonyl (C=O) groups is 1. The van der Waals surface area contributed by atoms with E-state index in [1.165, 1.54) is 25.3 Å². The quantitative estimate of drug-likeness (QED) is 0.826. The first-order valence-electron chi connectivity index (χ1n) is 9.01. The van der Waals surface area contributed by atoms with Crippen LogP contribution in [0.25, 0.3) is 0 Å². The lowest BCUT2D eigenvalue weighted by atomic mass is 9.68. The molecule has 0 radical (unpaired) electrons. The molecule has 5 rings (SSSR count). The van der Waals surface area contributed by atoms with Gasteiger partial charge in [0, 0.05) is 11.3 Å².